The lowest BCUT2D eigenvalue weighted by atomic mass is 10.3. The van der Waals surface area contributed by atoms with Crippen molar-refractivity contribution in [2.75, 3.05) is 39.3 Å². The highest BCUT2D eigenvalue weighted by Gasteiger charge is 2.33. The lowest BCUT2D eigenvalue weighted by Gasteiger charge is -2.35. The van der Waals surface area contributed by atoms with E-state index in [2.05, 4.69) is 9.88 Å². The fraction of sp³-hybridized carbons (Fsp3) is 0.643. The second-order valence-corrected chi connectivity index (χ2v) is 8.12. The van der Waals surface area contributed by atoms with Gasteiger partial charge in [0, 0.05) is 52.0 Å². The number of rotatable bonds is 4. The zero-order valence-electron chi connectivity index (χ0n) is 12.5. The van der Waals surface area contributed by atoms with Crippen molar-refractivity contribution in [3.63, 3.8) is 0 Å². The average Bonchev–Trinajstić information content (AvgIpc) is 3.05. The summed E-state index contributed by atoms with van der Waals surface area (Å²) in [4.78, 5) is 6.52. The van der Waals surface area contributed by atoms with Crippen molar-refractivity contribution in [3.05, 3.63) is 29.0 Å². The Kier molecular flexibility index (Phi) is 4.99. The van der Waals surface area contributed by atoms with Crippen molar-refractivity contribution < 1.29 is 8.42 Å². The molecule has 0 saturated carbocycles. The first kappa shape index (κ1) is 16.1. The van der Waals surface area contributed by atoms with E-state index in [0.29, 0.717) is 31.2 Å². The van der Waals surface area contributed by atoms with E-state index in [1.807, 2.05) is 12.1 Å². The van der Waals surface area contributed by atoms with Crippen LogP contribution < -0.4 is 0 Å². The first-order valence-corrected chi connectivity index (χ1v) is 9.41. The summed E-state index contributed by atoms with van der Waals surface area (Å²) in [7, 11) is -3.26. The Balaban J connectivity index is 1.55. The quantitative estimate of drug-likeness (QED) is 0.823. The second kappa shape index (κ2) is 6.80. The van der Waals surface area contributed by atoms with Gasteiger partial charge in [0.25, 0.3) is 10.2 Å². The number of halogens is 1. The van der Waals surface area contributed by atoms with Gasteiger partial charge < -0.3 is 0 Å². The summed E-state index contributed by atoms with van der Waals surface area (Å²) in [5.41, 5.74) is 0.959. The normalized spacial score (nSPS) is 22.2. The summed E-state index contributed by atoms with van der Waals surface area (Å²) in [5.74, 6) is 0. The molecule has 2 saturated heterocycles. The SMILES string of the molecule is O=S(=O)(N1CCCC1)N1CCN(Cc2ccc(Cl)cn2)CC1. The highest BCUT2D eigenvalue weighted by Crippen LogP contribution is 2.18. The van der Waals surface area contributed by atoms with Gasteiger partial charge in [-0.1, -0.05) is 11.6 Å². The van der Waals surface area contributed by atoms with E-state index >= 15 is 0 Å². The third kappa shape index (κ3) is 3.60. The van der Waals surface area contributed by atoms with Crippen LogP contribution in [0, 0.1) is 0 Å². The van der Waals surface area contributed by atoms with Crippen molar-refractivity contribution >= 4 is 21.8 Å². The fourth-order valence-corrected chi connectivity index (χ4v) is 4.71. The summed E-state index contributed by atoms with van der Waals surface area (Å²) < 4.78 is 28.2. The average molecular weight is 345 g/mol. The Morgan fingerprint density at radius 3 is 2.23 bits per heavy atom. The number of hydrogen-bond acceptors (Lipinski definition) is 4. The molecule has 0 N–H and O–H groups in total. The molecule has 3 heterocycles. The first-order valence-electron chi connectivity index (χ1n) is 7.64. The lowest BCUT2D eigenvalue weighted by Crippen LogP contribution is -2.52. The molecule has 0 bridgehead atoms. The summed E-state index contributed by atoms with van der Waals surface area (Å²) in [6, 6.07) is 3.74. The van der Waals surface area contributed by atoms with E-state index < -0.39 is 10.2 Å². The summed E-state index contributed by atoms with van der Waals surface area (Å²) in [6.45, 7) is 4.62. The molecule has 0 aliphatic carbocycles. The van der Waals surface area contributed by atoms with Crippen molar-refractivity contribution in [3.8, 4) is 0 Å². The van der Waals surface area contributed by atoms with E-state index in [1.54, 1.807) is 14.8 Å². The third-order valence-electron chi connectivity index (χ3n) is 4.22. The molecule has 0 amide bonds. The molecule has 1 aromatic heterocycles. The largest absolute Gasteiger partial charge is 0.295 e. The summed E-state index contributed by atoms with van der Waals surface area (Å²) in [6.07, 6.45) is 3.59. The van der Waals surface area contributed by atoms with Crippen LogP contribution in [0.2, 0.25) is 5.02 Å². The molecular weight excluding hydrogens is 324 g/mol. The van der Waals surface area contributed by atoms with Gasteiger partial charge in [-0.25, -0.2) is 0 Å². The number of nitrogens with zero attached hydrogens (tertiary/aromatic N) is 4. The molecule has 122 valence electrons. The molecule has 2 fully saturated rings. The van der Waals surface area contributed by atoms with Gasteiger partial charge in [0.1, 0.15) is 0 Å². The van der Waals surface area contributed by atoms with Crippen LogP contribution in [0.4, 0.5) is 0 Å². The molecule has 2 aliphatic rings. The van der Waals surface area contributed by atoms with Crippen molar-refractivity contribution in [2.45, 2.75) is 19.4 Å². The highest BCUT2D eigenvalue weighted by molar-refractivity contribution is 7.86. The minimum atomic E-state index is -3.26. The predicted octanol–water partition coefficient (Wildman–Crippen LogP) is 1.19. The van der Waals surface area contributed by atoms with Crippen LogP contribution in [0.3, 0.4) is 0 Å². The molecule has 0 aromatic carbocycles. The maximum Gasteiger partial charge on any atom is 0.282 e. The Morgan fingerprint density at radius 1 is 1.00 bits per heavy atom. The molecule has 0 atom stereocenters. The Morgan fingerprint density at radius 2 is 1.64 bits per heavy atom. The maximum absolute atomic E-state index is 12.5. The minimum Gasteiger partial charge on any atom is -0.295 e. The summed E-state index contributed by atoms with van der Waals surface area (Å²) in [5, 5.41) is 0.630. The summed E-state index contributed by atoms with van der Waals surface area (Å²) >= 11 is 5.83. The van der Waals surface area contributed by atoms with Gasteiger partial charge in [0.15, 0.2) is 0 Å². The molecule has 1 aromatic rings. The number of aromatic nitrogens is 1. The molecule has 22 heavy (non-hydrogen) atoms. The number of pyridine rings is 1. The Bertz CT molecular complexity index is 594. The minimum absolute atomic E-state index is 0.548. The molecule has 0 spiro atoms. The topological polar surface area (TPSA) is 56.8 Å². The van der Waals surface area contributed by atoms with E-state index in [0.717, 1.165) is 38.2 Å². The highest BCUT2D eigenvalue weighted by atomic mass is 35.5. The first-order chi connectivity index (χ1) is 10.6. The van der Waals surface area contributed by atoms with E-state index in [1.165, 1.54) is 0 Å². The van der Waals surface area contributed by atoms with Crippen LogP contribution in [-0.4, -0.2) is 66.2 Å². The lowest BCUT2D eigenvalue weighted by molar-refractivity contribution is 0.174. The van der Waals surface area contributed by atoms with Crippen molar-refractivity contribution in [1.29, 1.82) is 0 Å². The standard InChI is InChI=1S/C14H21ClN4O2S/c15-13-3-4-14(16-11-13)12-17-7-9-19(10-8-17)22(20,21)18-5-1-2-6-18/h3-4,11H,1-2,5-10,12H2. The van der Waals surface area contributed by atoms with Gasteiger partial charge in [-0.05, 0) is 25.0 Å². The molecule has 0 radical (unpaired) electrons. The van der Waals surface area contributed by atoms with Gasteiger partial charge in [-0.15, -0.1) is 0 Å². The smallest absolute Gasteiger partial charge is 0.282 e. The van der Waals surface area contributed by atoms with Crippen LogP contribution >= 0.6 is 11.6 Å². The van der Waals surface area contributed by atoms with Crippen LogP contribution in [0.25, 0.3) is 0 Å². The van der Waals surface area contributed by atoms with Gasteiger partial charge >= 0.3 is 0 Å². The molecule has 2 aliphatic heterocycles. The van der Waals surface area contributed by atoms with E-state index in [-0.39, 0.29) is 0 Å². The molecular formula is C14H21ClN4O2S. The zero-order valence-corrected chi connectivity index (χ0v) is 14.1. The van der Waals surface area contributed by atoms with Gasteiger partial charge in [0.2, 0.25) is 0 Å². The monoisotopic (exact) mass is 344 g/mol. The van der Waals surface area contributed by atoms with Crippen molar-refractivity contribution in [1.82, 2.24) is 18.5 Å². The van der Waals surface area contributed by atoms with Crippen LogP contribution in [0.15, 0.2) is 18.3 Å². The maximum atomic E-state index is 12.5. The third-order valence-corrected chi connectivity index (χ3v) is 6.48. The molecule has 3 rings (SSSR count). The number of piperazine rings is 1. The van der Waals surface area contributed by atoms with Gasteiger partial charge in [-0.2, -0.15) is 17.0 Å². The van der Waals surface area contributed by atoms with Crippen molar-refractivity contribution in [2.24, 2.45) is 0 Å². The Hall–Kier alpha value is -0.730. The zero-order chi connectivity index (χ0) is 15.6. The van der Waals surface area contributed by atoms with Crippen LogP contribution in [0.5, 0.6) is 0 Å². The predicted molar refractivity (Wildman–Crippen MR) is 85.8 cm³/mol. The van der Waals surface area contributed by atoms with Crippen LogP contribution in [0.1, 0.15) is 18.5 Å². The van der Waals surface area contributed by atoms with Gasteiger partial charge in [0.05, 0.1) is 10.7 Å². The molecule has 6 nitrogen and oxygen atoms in total. The number of hydrogen-bond donors (Lipinski definition) is 0. The van der Waals surface area contributed by atoms with Crippen LogP contribution in [-0.2, 0) is 16.8 Å². The second-order valence-electron chi connectivity index (χ2n) is 5.76. The molecule has 8 heteroatoms. The Labute approximate surface area is 136 Å². The van der Waals surface area contributed by atoms with E-state index in [4.69, 9.17) is 11.6 Å². The van der Waals surface area contributed by atoms with E-state index in [9.17, 15) is 8.42 Å². The molecule has 0 unspecified atom stereocenters. The van der Waals surface area contributed by atoms with Gasteiger partial charge in [-0.3, -0.25) is 9.88 Å². The fourth-order valence-electron chi connectivity index (χ4n) is 2.93.